The van der Waals surface area contributed by atoms with Crippen LogP contribution in [-0.4, -0.2) is 21.2 Å². The largest absolute Gasteiger partial charge is 0.465 e. The molecule has 0 unspecified atom stereocenters. The van der Waals surface area contributed by atoms with Crippen molar-refractivity contribution in [1.29, 1.82) is 0 Å². The fraction of sp³-hybridized carbons (Fsp3) is 0.0625. The molecule has 3 N–H and O–H groups in total. The predicted octanol–water partition coefficient (Wildman–Crippen LogP) is 3.88. The van der Waals surface area contributed by atoms with E-state index >= 15 is 0 Å². The molecule has 0 radical (unpaired) electrons. The molecule has 23 heavy (non-hydrogen) atoms. The van der Waals surface area contributed by atoms with E-state index < -0.39 is 6.09 Å². The van der Waals surface area contributed by atoms with Crippen molar-refractivity contribution in [1.82, 2.24) is 9.97 Å². The minimum Gasteiger partial charge on any atom is -0.465 e. The van der Waals surface area contributed by atoms with Gasteiger partial charge in [-0.05, 0) is 36.8 Å². The van der Waals surface area contributed by atoms with Gasteiger partial charge in [-0.1, -0.05) is 6.07 Å². The topological polar surface area (TPSA) is 100 Å². The zero-order valence-electron chi connectivity index (χ0n) is 12.3. The Hall–Kier alpha value is -3.35. The Balaban J connectivity index is 1.82. The molecule has 0 bridgehead atoms. The van der Waals surface area contributed by atoms with Crippen molar-refractivity contribution >= 4 is 23.5 Å². The van der Waals surface area contributed by atoms with E-state index in [1.165, 1.54) is 0 Å². The number of anilines is 3. The van der Waals surface area contributed by atoms with Crippen LogP contribution in [0.3, 0.4) is 0 Å². The number of rotatable bonds is 4. The summed E-state index contributed by atoms with van der Waals surface area (Å²) in [5.41, 5.74) is 2.98. The van der Waals surface area contributed by atoms with E-state index in [0.717, 1.165) is 11.1 Å². The van der Waals surface area contributed by atoms with Gasteiger partial charge in [0.05, 0.1) is 6.20 Å². The molecule has 2 heterocycles. The molecule has 7 nitrogen and oxygen atoms in total. The van der Waals surface area contributed by atoms with E-state index in [-0.39, 0.29) is 0 Å². The van der Waals surface area contributed by atoms with Crippen LogP contribution in [0.25, 0.3) is 11.3 Å². The Labute approximate surface area is 132 Å². The second-order valence-corrected chi connectivity index (χ2v) is 4.85. The highest BCUT2D eigenvalue weighted by atomic mass is 16.4. The highest BCUT2D eigenvalue weighted by molar-refractivity contribution is 5.84. The van der Waals surface area contributed by atoms with Gasteiger partial charge < -0.3 is 14.8 Å². The third-order valence-corrected chi connectivity index (χ3v) is 3.20. The van der Waals surface area contributed by atoms with Crippen molar-refractivity contribution < 1.29 is 14.3 Å². The summed E-state index contributed by atoms with van der Waals surface area (Å²) >= 11 is 0. The number of carbonyl (C=O) groups is 1. The summed E-state index contributed by atoms with van der Waals surface area (Å²) < 4.78 is 5.66. The van der Waals surface area contributed by atoms with E-state index in [9.17, 15) is 4.79 Å². The Morgan fingerprint density at radius 2 is 2.00 bits per heavy atom. The van der Waals surface area contributed by atoms with Crippen LogP contribution in [0.2, 0.25) is 0 Å². The molecule has 0 atom stereocenters. The number of amides is 1. The van der Waals surface area contributed by atoms with Gasteiger partial charge in [0, 0.05) is 29.3 Å². The van der Waals surface area contributed by atoms with E-state index in [4.69, 9.17) is 9.52 Å². The highest BCUT2D eigenvalue weighted by Gasteiger charge is 2.09. The summed E-state index contributed by atoms with van der Waals surface area (Å²) in [4.78, 5) is 18.9. The van der Waals surface area contributed by atoms with Crippen molar-refractivity contribution in [2.24, 2.45) is 0 Å². The van der Waals surface area contributed by atoms with Gasteiger partial charge in [-0.3, -0.25) is 10.3 Å². The minimum absolute atomic E-state index is 0.326. The Morgan fingerprint density at radius 1 is 1.22 bits per heavy atom. The summed E-state index contributed by atoms with van der Waals surface area (Å²) in [6, 6.07) is 9.15. The maximum absolute atomic E-state index is 10.7. The summed E-state index contributed by atoms with van der Waals surface area (Å²) in [5.74, 6) is 0.618. The molecule has 3 rings (SSSR count). The first-order chi connectivity index (χ1) is 11.1. The number of aryl methyl sites for hydroxylation is 1. The van der Waals surface area contributed by atoms with Crippen LogP contribution in [0.15, 0.2) is 53.3 Å². The van der Waals surface area contributed by atoms with Gasteiger partial charge in [-0.2, -0.15) is 0 Å². The lowest BCUT2D eigenvalue weighted by Gasteiger charge is -2.08. The van der Waals surface area contributed by atoms with E-state index in [0.29, 0.717) is 23.1 Å². The zero-order chi connectivity index (χ0) is 16.2. The molecule has 0 aliphatic heterocycles. The van der Waals surface area contributed by atoms with Crippen molar-refractivity contribution in [2.45, 2.75) is 6.92 Å². The first-order valence-corrected chi connectivity index (χ1v) is 6.85. The fourth-order valence-corrected chi connectivity index (χ4v) is 2.05. The SMILES string of the molecule is Cc1ccc(NC(=O)O)cc1Nc1ncc(-c2ccncc2)o1. The number of aromatic nitrogens is 2. The summed E-state index contributed by atoms with van der Waals surface area (Å²) in [6.45, 7) is 1.90. The average molecular weight is 310 g/mol. The lowest BCUT2D eigenvalue weighted by atomic mass is 10.2. The third kappa shape index (κ3) is 3.46. The number of hydrogen-bond acceptors (Lipinski definition) is 5. The van der Waals surface area contributed by atoms with Crippen molar-refractivity contribution in [3.63, 3.8) is 0 Å². The molecule has 0 aliphatic carbocycles. The van der Waals surface area contributed by atoms with E-state index in [1.54, 1.807) is 36.8 Å². The predicted molar refractivity (Wildman–Crippen MR) is 85.8 cm³/mol. The number of benzene rings is 1. The Kier molecular flexibility index (Phi) is 3.92. The summed E-state index contributed by atoms with van der Waals surface area (Å²) in [7, 11) is 0. The van der Waals surface area contributed by atoms with Gasteiger partial charge in [0.2, 0.25) is 0 Å². The Bertz CT molecular complexity index is 830. The lowest BCUT2D eigenvalue weighted by molar-refractivity contribution is 0.210. The van der Waals surface area contributed by atoms with Gasteiger partial charge in [0.25, 0.3) is 6.01 Å². The van der Waals surface area contributed by atoms with Gasteiger partial charge in [-0.25, -0.2) is 9.78 Å². The second-order valence-electron chi connectivity index (χ2n) is 4.85. The molecule has 0 spiro atoms. The molecule has 7 heteroatoms. The standard InChI is InChI=1S/C16H14N4O3/c1-10-2-3-12(19-16(21)22)8-13(10)20-15-18-9-14(23-15)11-4-6-17-7-5-11/h2-9,19H,1H3,(H,18,20)(H,21,22). The molecule has 0 fully saturated rings. The van der Waals surface area contributed by atoms with Crippen LogP contribution in [0.4, 0.5) is 22.2 Å². The number of hydrogen-bond donors (Lipinski definition) is 3. The first-order valence-electron chi connectivity index (χ1n) is 6.85. The van der Waals surface area contributed by atoms with Gasteiger partial charge in [-0.15, -0.1) is 0 Å². The second kappa shape index (κ2) is 6.18. The van der Waals surface area contributed by atoms with Crippen LogP contribution in [-0.2, 0) is 0 Å². The van der Waals surface area contributed by atoms with Gasteiger partial charge in [0.1, 0.15) is 0 Å². The quantitative estimate of drug-likeness (QED) is 0.676. The molecule has 0 saturated carbocycles. The molecular formula is C16H14N4O3. The normalized spacial score (nSPS) is 10.3. The molecule has 1 amide bonds. The smallest absolute Gasteiger partial charge is 0.409 e. The summed E-state index contributed by atoms with van der Waals surface area (Å²) in [5, 5.41) is 14.1. The maximum Gasteiger partial charge on any atom is 0.409 e. The number of pyridine rings is 1. The first kappa shape index (κ1) is 14.6. The number of oxazole rings is 1. The van der Waals surface area contributed by atoms with Crippen molar-refractivity contribution in [3.05, 3.63) is 54.5 Å². The van der Waals surface area contributed by atoms with Gasteiger partial charge in [0.15, 0.2) is 5.76 Å². The van der Waals surface area contributed by atoms with Gasteiger partial charge >= 0.3 is 6.09 Å². The molecule has 1 aromatic carbocycles. The van der Waals surface area contributed by atoms with Crippen molar-refractivity contribution in [2.75, 3.05) is 10.6 Å². The maximum atomic E-state index is 10.7. The highest BCUT2D eigenvalue weighted by Crippen LogP contribution is 2.27. The minimum atomic E-state index is -1.11. The zero-order valence-corrected chi connectivity index (χ0v) is 12.3. The fourth-order valence-electron chi connectivity index (χ4n) is 2.05. The van der Waals surface area contributed by atoms with E-state index in [1.807, 2.05) is 19.1 Å². The van der Waals surface area contributed by atoms with Crippen LogP contribution < -0.4 is 10.6 Å². The molecule has 116 valence electrons. The van der Waals surface area contributed by atoms with Crippen LogP contribution in [0, 0.1) is 6.92 Å². The Morgan fingerprint density at radius 3 is 2.74 bits per heavy atom. The van der Waals surface area contributed by atoms with Crippen LogP contribution >= 0.6 is 0 Å². The molecular weight excluding hydrogens is 296 g/mol. The summed E-state index contributed by atoms with van der Waals surface area (Å²) in [6.07, 6.45) is 3.86. The third-order valence-electron chi connectivity index (χ3n) is 3.20. The molecule has 2 aromatic heterocycles. The lowest BCUT2D eigenvalue weighted by Crippen LogP contribution is -2.07. The monoisotopic (exact) mass is 310 g/mol. The van der Waals surface area contributed by atoms with Crippen molar-refractivity contribution in [3.8, 4) is 11.3 Å². The molecule has 0 saturated heterocycles. The number of carboxylic acid groups (broad SMARTS) is 1. The number of nitrogens with one attached hydrogen (secondary N) is 2. The van der Waals surface area contributed by atoms with Crippen LogP contribution in [0.5, 0.6) is 0 Å². The van der Waals surface area contributed by atoms with E-state index in [2.05, 4.69) is 20.6 Å². The molecule has 0 aliphatic rings. The average Bonchev–Trinajstić information content (AvgIpc) is 3.00. The molecule has 3 aromatic rings. The number of nitrogens with zero attached hydrogens (tertiary/aromatic N) is 2. The van der Waals surface area contributed by atoms with Crippen LogP contribution in [0.1, 0.15) is 5.56 Å².